The van der Waals surface area contributed by atoms with Crippen LogP contribution in [0.2, 0.25) is 0 Å². The van der Waals surface area contributed by atoms with E-state index in [0.29, 0.717) is 11.5 Å². The molecule has 0 saturated carbocycles. The van der Waals surface area contributed by atoms with Gasteiger partial charge in [0.05, 0.1) is 12.8 Å². The summed E-state index contributed by atoms with van der Waals surface area (Å²) in [6.45, 7) is 0. The highest BCUT2D eigenvalue weighted by Crippen LogP contribution is 2.10. The van der Waals surface area contributed by atoms with Crippen molar-refractivity contribution in [3.8, 4) is 17.5 Å². The van der Waals surface area contributed by atoms with Gasteiger partial charge in [-0.3, -0.25) is 4.98 Å². The van der Waals surface area contributed by atoms with Crippen molar-refractivity contribution >= 4 is 0 Å². The standard InChI is InChI=1S/C8H8N4O2/c1-14-8-11-6(10-7(13)12-8)5-3-2-4-9-5/h2-4,9H,1H3,(H,10,11,12,13). The maximum Gasteiger partial charge on any atom is 0.351 e. The molecule has 0 aromatic carbocycles. The maximum atomic E-state index is 11.1. The van der Waals surface area contributed by atoms with Gasteiger partial charge in [0.1, 0.15) is 0 Å². The van der Waals surface area contributed by atoms with Crippen LogP contribution >= 0.6 is 0 Å². The van der Waals surface area contributed by atoms with Gasteiger partial charge in [-0.15, -0.1) is 4.98 Å². The minimum Gasteiger partial charge on any atom is -0.467 e. The number of aromatic nitrogens is 4. The first-order valence-corrected chi connectivity index (χ1v) is 3.95. The fourth-order valence-corrected chi connectivity index (χ4v) is 1.06. The highest BCUT2D eigenvalue weighted by molar-refractivity contribution is 5.48. The molecular formula is C8H8N4O2. The van der Waals surface area contributed by atoms with Crippen molar-refractivity contribution < 1.29 is 4.74 Å². The third-order valence-corrected chi connectivity index (χ3v) is 1.67. The van der Waals surface area contributed by atoms with Gasteiger partial charge in [-0.05, 0) is 12.1 Å². The molecule has 6 heteroatoms. The molecule has 0 spiro atoms. The van der Waals surface area contributed by atoms with E-state index in [1.807, 2.05) is 6.07 Å². The summed E-state index contributed by atoms with van der Waals surface area (Å²) in [5.74, 6) is 0.409. The summed E-state index contributed by atoms with van der Waals surface area (Å²) < 4.78 is 4.78. The Balaban J connectivity index is 2.54. The number of H-pyrrole nitrogens is 2. The smallest absolute Gasteiger partial charge is 0.351 e. The molecule has 0 aliphatic heterocycles. The number of nitrogens with zero attached hydrogens (tertiary/aromatic N) is 2. The molecule has 2 rings (SSSR count). The van der Waals surface area contributed by atoms with Crippen molar-refractivity contribution in [3.05, 3.63) is 28.8 Å². The van der Waals surface area contributed by atoms with Crippen LogP contribution in [-0.2, 0) is 0 Å². The number of hydrogen-bond acceptors (Lipinski definition) is 4. The summed E-state index contributed by atoms with van der Waals surface area (Å²) in [5.41, 5.74) is 0.226. The summed E-state index contributed by atoms with van der Waals surface area (Å²) in [4.78, 5) is 24.0. The van der Waals surface area contributed by atoms with E-state index in [-0.39, 0.29) is 6.01 Å². The van der Waals surface area contributed by atoms with E-state index in [1.165, 1.54) is 7.11 Å². The van der Waals surface area contributed by atoms with Crippen LogP contribution in [0.3, 0.4) is 0 Å². The quantitative estimate of drug-likeness (QED) is 0.710. The second kappa shape index (κ2) is 3.33. The third kappa shape index (κ3) is 1.49. The Morgan fingerprint density at radius 1 is 1.43 bits per heavy atom. The highest BCUT2D eigenvalue weighted by Gasteiger charge is 2.04. The first-order valence-electron chi connectivity index (χ1n) is 3.95. The fraction of sp³-hybridized carbons (Fsp3) is 0.125. The molecule has 72 valence electrons. The van der Waals surface area contributed by atoms with Gasteiger partial charge < -0.3 is 9.72 Å². The molecule has 0 radical (unpaired) electrons. The number of aromatic amines is 2. The van der Waals surface area contributed by atoms with E-state index in [0.717, 1.165) is 0 Å². The molecule has 0 bridgehead atoms. The normalized spacial score (nSPS) is 10.1. The number of nitrogens with one attached hydrogen (secondary N) is 2. The second-order valence-corrected chi connectivity index (χ2v) is 2.57. The van der Waals surface area contributed by atoms with Crippen molar-refractivity contribution in [2.75, 3.05) is 7.11 Å². The predicted octanol–water partition coefficient (Wildman–Crippen LogP) is 0.169. The summed E-state index contributed by atoms with van der Waals surface area (Å²) in [7, 11) is 1.41. The van der Waals surface area contributed by atoms with Crippen LogP contribution in [0.4, 0.5) is 0 Å². The SMILES string of the molecule is COc1nc(-c2ccc[nH]2)[nH]c(=O)n1. The number of ether oxygens (including phenoxy) is 1. The fourth-order valence-electron chi connectivity index (χ4n) is 1.06. The first-order chi connectivity index (χ1) is 6.79. The molecule has 0 aliphatic rings. The molecule has 0 unspecified atom stereocenters. The van der Waals surface area contributed by atoms with E-state index in [9.17, 15) is 4.79 Å². The van der Waals surface area contributed by atoms with Gasteiger partial charge in [0.2, 0.25) is 0 Å². The van der Waals surface area contributed by atoms with Crippen LogP contribution in [0.15, 0.2) is 23.1 Å². The second-order valence-electron chi connectivity index (χ2n) is 2.57. The minimum atomic E-state index is -0.485. The van der Waals surface area contributed by atoms with E-state index in [4.69, 9.17) is 4.74 Å². The third-order valence-electron chi connectivity index (χ3n) is 1.67. The Morgan fingerprint density at radius 2 is 2.29 bits per heavy atom. The number of methoxy groups -OCH3 is 1. The zero-order valence-corrected chi connectivity index (χ0v) is 7.44. The molecule has 6 nitrogen and oxygen atoms in total. The van der Waals surface area contributed by atoms with Gasteiger partial charge in [-0.1, -0.05) is 0 Å². The largest absolute Gasteiger partial charge is 0.467 e. The summed E-state index contributed by atoms with van der Waals surface area (Å²) >= 11 is 0. The van der Waals surface area contributed by atoms with Gasteiger partial charge in [0.15, 0.2) is 5.82 Å². The lowest BCUT2D eigenvalue weighted by Gasteiger charge is -1.99. The van der Waals surface area contributed by atoms with E-state index in [1.54, 1.807) is 12.3 Å². The molecule has 0 atom stereocenters. The van der Waals surface area contributed by atoms with E-state index < -0.39 is 5.69 Å². The van der Waals surface area contributed by atoms with E-state index in [2.05, 4.69) is 19.9 Å². The van der Waals surface area contributed by atoms with Crippen LogP contribution in [0.25, 0.3) is 11.5 Å². The molecule has 0 aliphatic carbocycles. The lowest BCUT2D eigenvalue weighted by molar-refractivity contribution is 0.377. The minimum absolute atomic E-state index is 0.0540. The monoisotopic (exact) mass is 192 g/mol. The lowest BCUT2D eigenvalue weighted by atomic mass is 10.4. The summed E-state index contributed by atoms with van der Waals surface area (Å²) in [6, 6.07) is 3.65. The Labute approximate surface area is 79.0 Å². The predicted molar refractivity (Wildman–Crippen MR) is 49.0 cm³/mol. The zero-order valence-electron chi connectivity index (χ0n) is 7.44. The van der Waals surface area contributed by atoms with Crippen LogP contribution < -0.4 is 10.4 Å². The van der Waals surface area contributed by atoms with Gasteiger partial charge >= 0.3 is 11.7 Å². The Morgan fingerprint density at radius 3 is 2.93 bits per heavy atom. The first kappa shape index (κ1) is 8.49. The van der Waals surface area contributed by atoms with Gasteiger partial charge in [-0.25, -0.2) is 4.79 Å². The van der Waals surface area contributed by atoms with Crippen LogP contribution in [0, 0.1) is 0 Å². The molecule has 2 aromatic heterocycles. The molecule has 0 saturated heterocycles. The Hall–Kier alpha value is -2.11. The van der Waals surface area contributed by atoms with Crippen molar-refractivity contribution in [2.24, 2.45) is 0 Å². The molecule has 14 heavy (non-hydrogen) atoms. The van der Waals surface area contributed by atoms with Crippen LogP contribution in [0.5, 0.6) is 6.01 Å². The van der Waals surface area contributed by atoms with Crippen LogP contribution in [0.1, 0.15) is 0 Å². The summed E-state index contributed by atoms with van der Waals surface area (Å²) in [5, 5.41) is 0. The lowest BCUT2D eigenvalue weighted by Crippen LogP contribution is -2.14. The summed E-state index contributed by atoms with van der Waals surface area (Å²) in [6.07, 6.45) is 1.74. The van der Waals surface area contributed by atoms with Gasteiger partial charge in [-0.2, -0.15) is 4.98 Å². The maximum absolute atomic E-state index is 11.1. The molecule has 2 N–H and O–H groups in total. The van der Waals surface area contributed by atoms with Gasteiger partial charge in [0.25, 0.3) is 0 Å². The Kier molecular flexibility index (Phi) is 2.02. The van der Waals surface area contributed by atoms with Crippen LogP contribution in [-0.4, -0.2) is 27.0 Å². The van der Waals surface area contributed by atoms with Crippen molar-refractivity contribution in [2.45, 2.75) is 0 Å². The van der Waals surface area contributed by atoms with E-state index >= 15 is 0 Å². The number of hydrogen-bond donors (Lipinski definition) is 2. The Bertz CT molecular complexity index is 474. The average Bonchev–Trinajstić information content (AvgIpc) is 2.69. The molecule has 0 amide bonds. The molecule has 2 aromatic rings. The van der Waals surface area contributed by atoms with Gasteiger partial charge in [0, 0.05) is 6.20 Å². The van der Waals surface area contributed by atoms with Crippen molar-refractivity contribution in [1.29, 1.82) is 0 Å². The average molecular weight is 192 g/mol. The molecule has 2 heterocycles. The highest BCUT2D eigenvalue weighted by atomic mass is 16.5. The molecular weight excluding hydrogens is 184 g/mol. The van der Waals surface area contributed by atoms with Crippen molar-refractivity contribution in [1.82, 2.24) is 19.9 Å². The topological polar surface area (TPSA) is 83.7 Å². The zero-order chi connectivity index (χ0) is 9.97. The molecule has 0 fully saturated rings. The van der Waals surface area contributed by atoms with Crippen molar-refractivity contribution in [3.63, 3.8) is 0 Å². The number of rotatable bonds is 2.